The van der Waals surface area contributed by atoms with Gasteiger partial charge in [0.1, 0.15) is 0 Å². The van der Waals surface area contributed by atoms with Crippen LogP contribution in [0, 0.1) is 0 Å². The van der Waals surface area contributed by atoms with Gasteiger partial charge in [0.2, 0.25) is 0 Å². The maximum Gasteiger partial charge on any atom is 0.0871 e. The van der Waals surface area contributed by atoms with E-state index >= 15 is 0 Å². The molecule has 2 aromatic heterocycles. The van der Waals surface area contributed by atoms with Crippen molar-refractivity contribution in [3.05, 3.63) is 39.3 Å². The minimum atomic E-state index is -0.485. The van der Waals surface area contributed by atoms with Crippen LogP contribution in [0.2, 0.25) is 0 Å². The maximum absolute atomic E-state index is 10.6. The SMILES string of the molecule is CCc1ccc(CC(O)c2cn(C)nc2C(C)(C)C)s1. The van der Waals surface area contributed by atoms with Crippen molar-refractivity contribution in [2.75, 3.05) is 0 Å². The molecule has 20 heavy (non-hydrogen) atoms. The Bertz CT molecular complexity index is 578. The molecule has 1 N–H and O–H groups in total. The molecule has 0 spiro atoms. The van der Waals surface area contributed by atoms with Crippen LogP contribution >= 0.6 is 11.3 Å². The second kappa shape index (κ2) is 5.70. The summed E-state index contributed by atoms with van der Waals surface area (Å²) in [6, 6.07) is 4.28. The predicted molar refractivity (Wildman–Crippen MR) is 84.3 cm³/mol. The predicted octanol–water partition coefficient (Wildman–Crippen LogP) is 3.62. The second-order valence-corrected chi connectivity index (χ2v) is 7.55. The molecule has 2 aromatic rings. The number of aliphatic hydroxyl groups excluding tert-OH is 1. The van der Waals surface area contributed by atoms with E-state index in [4.69, 9.17) is 0 Å². The third-order valence-corrected chi connectivity index (χ3v) is 4.64. The molecule has 2 rings (SSSR count). The summed E-state index contributed by atoms with van der Waals surface area (Å²) in [4.78, 5) is 2.60. The highest BCUT2D eigenvalue weighted by Crippen LogP contribution is 2.31. The molecule has 0 aliphatic carbocycles. The van der Waals surface area contributed by atoms with E-state index in [1.807, 2.05) is 13.2 Å². The minimum Gasteiger partial charge on any atom is -0.388 e. The average molecular weight is 292 g/mol. The fourth-order valence-electron chi connectivity index (χ4n) is 2.36. The first-order valence-corrected chi connectivity index (χ1v) is 7.92. The zero-order valence-corrected chi connectivity index (χ0v) is 13.8. The van der Waals surface area contributed by atoms with Gasteiger partial charge in [-0.1, -0.05) is 27.7 Å². The number of aromatic nitrogens is 2. The number of hydrogen-bond donors (Lipinski definition) is 1. The number of nitrogens with zero attached hydrogens (tertiary/aromatic N) is 2. The zero-order valence-electron chi connectivity index (χ0n) is 13.0. The average Bonchev–Trinajstić information content (AvgIpc) is 2.94. The Balaban J connectivity index is 2.22. The third-order valence-electron chi connectivity index (χ3n) is 3.39. The molecule has 110 valence electrons. The van der Waals surface area contributed by atoms with Crippen molar-refractivity contribution in [2.24, 2.45) is 7.05 Å². The van der Waals surface area contributed by atoms with Crippen molar-refractivity contribution < 1.29 is 5.11 Å². The van der Waals surface area contributed by atoms with Crippen LogP contribution in [0.5, 0.6) is 0 Å². The van der Waals surface area contributed by atoms with Gasteiger partial charge >= 0.3 is 0 Å². The summed E-state index contributed by atoms with van der Waals surface area (Å²) in [6.45, 7) is 8.55. The Morgan fingerprint density at radius 3 is 2.50 bits per heavy atom. The molecule has 0 aromatic carbocycles. The molecule has 0 bridgehead atoms. The molecular formula is C16H24N2OS. The summed E-state index contributed by atoms with van der Waals surface area (Å²) < 4.78 is 1.80. The summed E-state index contributed by atoms with van der Waals surface area (Å²) in [5.41, 5.74) is 1.88. The molecule has 0 amide bonds. The van der Waals surface area contributed by atoms with Crippen LogP contribution in [-0.2, 0) is 25.3 Å². The Morgan fingerprint density at radius 2 is 1.95 bits per heavy atom. The van der Waals surface area contributed by atoms with E-state index in [2.05, 4.69) is 44.9 Å². The number of aryl methyl sites for hydroxylation is 2. The van der Waals surface area contributed by atoms with Crippen LogP contribution in [0.1, 0.15) is 54.8 Å². The molecule has 2 heterocycles. The first-order valence-electron chi connectivity index (χ1n) is 7.11. The number of hydrogen-bond acceptors (Lipinski definition) is 3. The molecule has 1 atom stereocenters. The topological polar surface area (TPSA) is 38.0 Å². The molecule has 0 fully saturated rings. The van der Waals surface area contributed by atoms with Gasteiger partial charge < -0.3 is 5.11 Å². The van der Waals surface area contributed by atoms with Gasteiger partial charge in [-0.05, 0) is 18.6 Å². The van der Waals surface area contributed by atoms with Crippen LogP contribution < -0.4 is 0 Å². The smallest absolute Gasteiger partial charge is 0.0871 e. The van der Waals surface area contributed by atoms with Crippen LogP contribution in [0.4, 0.5) is 0 Å². The van der Waals surface area contributed by atoms with Gasteiger partial charge in [0, 0.05) is 40.4 Å². The second-order valence-electron chi connectivity index (χ2n) is 6.30. The van der Waals surface area contributed by atoms with Crippen LogP contribution in [-0.4, -0.2) is 14.9 Å². The van der Waals surface area contributed by atoms with E-state index in [1.165, 1.54) is 9.75 Å². The van der Waals surface area contributed by atoms with E-state index in [0.29, 0.717) is 6.42 Å². The van der Waals surface area contributed by atoms with E-state index in [1.54, 1.807) is 16.0 Å². The highest BCUT2D eigenvalue weighted by molar-refractivity contribution is 7.11. The lowest BCUT2D eigenvalue weighted by atomic mass is 9.87. The van der Waals surface area contributed by atoms with E-state index < -0.39 is 6.10 Å². The molecule has 0 saturated heterocycles. The fourth-order valence-corrected chi connectivity index (χ4v) is 3.35. The summed E-state index contributed by atoms with van der Waals surface area (Å²) in [5, 5.41) is 15.1. The maximum atomic E-state index is 10.6. The molecule has 0 radical (unpaired) electrons. The lowest BCUT2D eigenvalue weighted by Gasteiger charge is -2.19. The summed E-state index contributed by atoms with van der Waals surface area (Å²) in [6.07, 6.45) is 3.18. The summed E-state index contributed by atoms with van der Waals surface area (Å²) in [7, 11) is 1.91. The molecule has 4 heteroatoms. The van der Waals surface area contributed by atoms with Gasteiger partial charge in [-0.25, -0.2) is 0 Å². The van der Waals surface area contributed by atoms with Crippen molar-refractivity contribution in [1.29, 1.82) is 0 Å². The number of aliphatic hydroxyl groups is 1. The zero-order chi connectivity index (χ0) is 14.9. The van der Waals surface area contributed by atoms with Crippen molar-refractivity contribution in [3.8, 4) is 0 Å². The molecule has 0 aliphatic rings. The molecule has 0 aliphatic heterocycles. The highest BCUT2D eigenvalue weighted by atomic mass is 32.1. The Morgan fingerprint density at radius 1 is 1.30 bits per heavy atom. The standard InChI is InChI=1S/C16H24N2OS/c1-6-11-7-8-12(20-11)9-14(19)13-10-18(5)17-15(13)16(2,3)4/h7-8,10,14,19H,6,9H2,1-5H3. The van der Waals surface area contributed by atoms with Gasteiger partial charge in [0.15, 0.2) is 0 Å². The Hall–Kier alpha value is -1.13. The van der Waals surface area contributed by atoms with Crippen LogP contribution in [0.3, 0.4) is 0 Å². The van der Waals surface area contributed by atoms with E-state index in [-0.39, 0.29) is 5.41 Å². The molecular weight excluding hydrogens is 268 g/mol. The van der Waals surface area contributed by atoms with E-state index in [0.717, 1.165) is 17.7 Å². The van der Waals surface area contributed by atoms with Crippen molar-refractivity contribution in [1.82, 2.24) is 9.78 Å². The van der Waals surface area contributed by atoms with E-state index in [9.17, 15) is 5.11 Å². The van der Waals surface area contributed by atoms with Gasteiger partial charge in [-0.2, -0.15) is 5.10 Å². The van der Waals surface area contributed by atoms with Gasteiger partial charge in [0.25, 0.3) is 0 Å². The highest BCUT2D eigenvalue weighted by Gasteiger charge is 2.26. The third kappa shape index (κ3) is 3.30. The summed E-state index contributed by atoms with van der Waals surface area (Å²) >= 11 is 1.79. The monoisotopic (exact) mass is 292 g/mol. The molecule has 1 unspecified atom stereocenters. The van der Waals surface area contributed by atoms with Gasteiger partial charge in [-0.3, -0.25) is 4.68 Å². The molecule has 0 saturated carbocycles. The summed E-state index contributed by atoms with van der Waals surface area (Å²) in [5.74, 6) is 0. The molecule has 3 nitrogen and oxygen atoms in total. The Labute approximate surface area is 125 Å². The normalized spacial score (nSPS) is 13.7. The van der Waals surface area contributed by atoms with Gasteiger partial charge in [-0.15, -0.1) is 11.3 Å². The Kier molecular flexibility index (Phi) is 4.35. The minimum absolute atomic E-state index is 0.0540. The van der Waals surface area contributed by atoms with Crippen molar-refractivity contribution >= 4 is 11.3 Å². The van der Waals surface area contributed by atoms with Crippen molar-refractivity contribution in [3.63, 3.8) is 0 Å². The largest absolute Gasteiger partial charge is 0.388 e. The van der Waals surface area contributed by atoms with Crippen LogP contribution in [0.25, 0.3) is 0 Å². The number of rotatable bonds is 4. The lowest BCUT2D eigenvalue weighted by molar-refractivity contribution is 0.177. The van der Waals surface area contributed by atoms with Gasteiger partial charge in [0.05, 0.1) is 11.8 Å². The number of thiophene rings is 1. The van der Waals surface area contributed by atoms with Crippen LogP contribution in [0.15, 0.2) is 18.3 Å². The first kappa shape index (κ1) is 15.3. The first-order chi connectivity index (χ1) is 9.31. The fraction of sp³-hybridized carbons (Fsp3) is 0.562. The lowest BCUT2D eigenvalue weighted by Crippen LogP contribution is -2.16. The van der Waals surface area contributed by atoms with Crippen molar-refractivity contribution in [2.45, 2.75) is 52.1 Å². The quantitative estimate of drug-likeness (QED) is 0.934.